The van der Waals surface area contributed by atoms with E-state index in [1.165, 1.54) is 22.7 Å². The van der Waals surface area contributed by atoms with Crippen LogP contribution < -0.4 is 5.32 Å². The van der Waals surface area contributed by atoms with Gasteiger partial charge in [-0.05, 0) is 43.2 Å². The van der Waals surface area contributed by atoms with E-state index in [4.69, 9.17) is 9.47 Å². The highest BCUT2D eigenvalue weighted by Gasteiger charge is 2.28. The van der Waals surface area contributed by atoms with Crippen molar-refractivity contribution in [3.05, 3.63) is 44.6 Å². The molecule has 3 aromatic heterocycles. The molecule has 0 aromatic carbocycles. The van der Waals surface area contributed by atoms with Crippen LogP contribution in [0.4, 0.5) is 5.00 Å². The standard InChI is InChI=1S/C21H20N2O5S3/c1-2-27-21(26)18-13-5-3-6-14(13)31-20(18)23-16(24)10-28-17(25)9-12-11-30-19(22-12)15-7-4-8-29-15/h4,7-8,11H,2-3,5-6,9-10H2,1H3,(H,23,24). The first-order chi connectivity index (χ1) is 15.0. The van der Waals surface area contributed by atoms with Crippen LogP contribution in [0.15, 0.2) is 22.9 Å². The molecule has 0 atom stereocenters. The van der Waals surface area contributed by atoms with Crippen LogP contribution >= 0.6 is 34.0 Å². The van der Waals surface area contributed by atoms with E-state index in [1.807, 2.05) is 22.9 Å². The zero-order valence-corrected chi connectivity index (χ0v) is 19.2. The van der Waals surface area contributed by atoms with Gasteiger partial charge in [-0.1, -0.05) is 6.07 Å². The zero-order valence-electron chi connectivity index (χ0n) is 16.8. The van der Waals surface area contributed by atoms with Crippen LogP contribution in [0.3, 0.4) is 0 Å². The molecule has 0 saturated carbocycles. The van der Waals surface area contributed by atoms with Gasteiger partial charge in [0.15, 0.2) is 6.61 Å². The highest BCUT2D eigenvalue weighted by Crippen LogP contribution is 2.39. The van der Waals surface area contributed by atoms with Gasteiger partial charge in [0, 0.05) is 10.3 Å². The minimum atomic E-state index is -0.530. The van der Waals surface area contributed by atoms with Gasteiger partial charge in [-0.15, -0.1) is 34.0 Å². The van der Waals surface area contributed by atoms with Crippen molar-refractivity contribution >= 4 is 56.9 Å². The van der Waals surface area contributed by atoms with Gasteiger partial charge in [0.25, 0.3) is 5.91 Å². The predicted molar refractivity (Wildman–Crippen MR) is 121 cm³/mol. The van der Waals surface area contributed by atoms with Crippen LogP contribution in [-0.4, -0.2) is 36.0 Å². The molecule has 0 unspecified atom stereocenters. The van der Waals surface area contributed by atoms with Gasteiger partial charge in [0.2, 0.25) is 0 Å². The smallest absolute Gasteiger partial charge is 0.341 e. The molecule has 1 amide bonds. The first-order valence-corrected chi connectivity index (χ1v) is 12.4. The predicted octanol–water partition coefficient (Wildman–Crippen LogP) is 4.32. The molecule has 0 spiro atoms. The van der Waals surface area contributed by atoms with Crippen molar-refractivity contribution in [1.29, 1.82) is 0 Å². The summed E-state index contributed by atoms with van der Waals surface area (Å²) in [6.45, 7) is 1.58. The summed E-state index contributed by atoms with van der Waals surface area (Å²) in [6.07, 6.45) is 2.67. The number of thiazole rings is 1. The van der Waals surface area contributed by atoms with E-state index in [1.54, 1.807) is 18.3 Å². The SMILES string of the molecule is CCOC(=O)c1c(NC(=O)COC(=O)Cc2csc(-c3cccs3)n2)sc2c1CCC2. The van der Waals surface area contributed by atoms with Crippen molar-refractivity contribution in [3.63, 3.8) is 0 Å². The van der Waals surface area contributed by atoms with Crippen molar-refractivity contribution in [2.75, 3.05) is 18.5 Å². The van der Waals surface area contributed by atoms with E-state index in [9.17, 15) is 14.4 Å². The minimum Gasteiger partial charge on any atom is -0.462 e. The molecule has 3 aromatic rings. The number of nitrogens with one attached hydrogen (secondary N) is 1. The Morgan fingerprint density at radius 2 is 2.06 bits per heavy atom. The lowest BCUT2D eigenvalue weighted by Gasteiger charge is -2.08. The Hall–Kier alpha value is -2.56. The van der Waals surface area contributed by atoms with Gasteiger partial charge in [0.1, 0.15) is 10.0 Å². The Labute approximate surface area is 191 Å². The van der Waals surface area contributed by atoms with Crippen LogP contribution in [0.2, 0.25) is 0 Å². The number of amides is 1. The first-order valence-electron chi connectivity index (χ1n) is 9.80. The molecule has 31 heavy (non-hydrogen) atoms. The normalized spacial score (nSPS) is 12.4. The maximum atomic E-state index is 12.4. The van der Waals surface area contributed by atoms with Gasteiger partial charge >= 0.3 is 11.9 Å². The number of thiophene rings is 2. The first kappa shape index (κ1) is 21.7. The van der Waals surface area contributed by atoms with Gasteiger partial charge < -0.3 is 14.8 Å². The Kier molecular flexibility index (Phi) is 6.79. The van der Waals surface area contributed by atoms with E-state index < -0.39 is 24.5 Å². The van der Waals surface area contributed by atoms with E-state index in [0.29, 0.717) is 16.3 Å². The largest absolute Gasteiger partial charge is 0.462 e. The molecule has 0 saturated heterocycles. The van der Waals surface area contributed by atoms with Crippen molar-refractivity contribution < 1.29 is 23.9 Å². The third-order valence-corrected chi connectivity index (χ3v) is 7.76. The van der Waals surface area contributed by atoms with Crippen LogP contribution in [0.1, 0.15) is 39.8 Å². The quantitative estimate of drug-likeness (QED) is 0.487. The number of aromatic nitrogens is 1. The van der Waals surface area contributed by atoms with Crippen molar-refractivity contribution in [2.24, 2.45) is 0 Å². The summed E-state index contributed by atoms with van der Waals surface area (Å²) < 4.78 is 10.3. The Morgan fingerprint density at radius 1 is 1.19 bits per heavy atom. The summed E-state index contributed by atoms with van der Waals surface area (Å²) in [6, 6.07) is 3.92. The van der Waals surface area contributed by atoms with E-state index in [-0.39, 0.29) is 13.0 Å². The zero-order chi connectivity index (χ0) is 21.8. The Balaban J connectivity index is 1.32. The molecule has 10 heteroatoms. The third-order valence-electron chi connectivity index (χ3n) is 4.63. The molecule has 0 fully saturated rings. The molecular formula is C21H20N2O5S3. The van der Waals surface area contributed by atoms with Gasteiger partial charge in [-0.25, -0.2) is 9.78 Å². The molecule has 0 bridgehead atoms. The van der Waals surface area contributed by atoms with E-state index in [0.717, 1.165) is 39.6 Å². The minimum absolute atomic E-state index is 0.00344. The number of carbonyl (C=O) groups is 3. The van der Waals surface area contributed by atoms with Crippen LogP contribution in [0.5, 0.6) is 0 Å². The number of ether oxygens (including phenoxy) is 2. The maximum absolute atomic E-state index is 12.4. The number of rotatable bonds is 8. The summed E-state index contributed by atoms with van der Waals surface area (Å²) in [5.41, 5.74) is 2.00. The number of hydrogen-bond acceptors (Lipinski definition) is 9. The average Bonchev–Trinajstić information content (AvgIpc) is 3.50. The fourth-order valence-electron chi connectivity index (χ4n) is 3.32. The summed E-state index contributed by atoms with van der Waals surface area (Å²) in [5.74, 6) is -1.45. The lowest BCUT2D eigenvalue weighted by atomic mass is 10.1. The van der Waals surface area contributed by atoms with Crippen molar-refractivity contribution in [1.82, 2.24) is 4.98 Å². The van der Waals surface area contributed by atoms with Gasteiger partial charge in [-0.2, -0.15) is 0 Å². The van der Waals surface area contributed by atoms with E-state index >= 15 is 0 Å². The lowest BCUT2D eigenvalue weighted by molar-refractivity contribution is -0.146. The van der Waals surface area contributed by atoms with E-state index in [2.05, 4.69) is 10.3 Å². The summed E-state index contributed by atoms with van der Waals surface area (Å²) >= 11 is 4.44. The van der Waals surface area contributed by atoms with Crippen LogP contribution in [-0.2, 0) is 38.3 Å². The van der Waals surface area contributed by atoms with Crippen molar-refractivity contribution in [3.8, 4) is 9.88 Å². The monoisotopic (exact) mass is 476 g/mol. The molecule has 0 aliphatic heterocycles. The second kappa shape index (κ2) is 9.71. The second-order valence-corrected chi connectivity index (χ2v) is 9.70. The molecule has 3 heterocycles. The van der Waals surface area contributed by atoms with Crippen LogP contribution in [0.25, 0.3) is 9.88 Å². The number of aryl methyl sites for hydroxylation is 1. The molecule has 4 rings (SSSR count). The topological polar surface area (TPSA) is 94.6 Å². The average molecular weight is 477 g/mol. The second-order valence-electron chi connectivity index (χ2n) is 6.79. The maximum Gasteiger partial charge on any atom is 0.341 e. The number of fused-ring (bicyclic) bond motifs is 1. The number of nitrogens with zero attached hydrogens (tertiary/aromatic N) is 1. The van der Waals surface area contributed by atoms with Crippen molar-refractivity contribution in [2.45, 2.75) is 32.6 Å². The summed E-state index contributed by atoms with van der Waals surface area (Å²) in [5, 5.41) is 7.81. The van der Waals surface area contributed by atoms with Gasteiger partial charge in [-0.3, -0.25) is 9.59 Å². The molecule has 7 nitrogen and oxygen atoms in total. The number of esters is 2. The van der Waals surface area contributed by atoms with Crippen LogP contribution in [0, 0.1) is 0 Å². The molecule has 1 aliphatic rings. The Morgan fingerprint density at radius 3 is 2.84 bits per heavy atom. The third kappa shape index (κ3) is 5.03. The number of anilines is 1. The van der Waals surface area contributed by atoms with Gasteiger partial charge in [0.05, 0.1) is 29.2 Å². The highest BCUT2D eigenvalue weighted by atomic mass is 32.1. The molecule has 0 radical (unpaired) electrons. The molecular weight excluding hydrogens is 456 g/mol. The number of carbonyl (C=O) groups excluding carboxylic acids is 3. The molecule has 162 valence electrons. The summed E-state index contributed by atoms with van der Waals surface area (Å²) in [4.78, 5) is 43.4. The fourth-order valence-corrected chi connectivity index (χ4v) is 6.25. The highest BCUT2D eigenvalue weighted by molar-refractivity contribution is 7.20. The Bertz CT molecular complexity index is 1100. The lowest BCUT2D eigenvalue weighted by Crippen LogP contribution is -2.22. The molecule has 1 aliphatic carbocycles. The fraction of sp³-hybridized carbons (Fsp3) is 0.333. The molecule has 1 N–H and O–H groups in total. The summed E-state index contributed by atoms with van der Waals surface area (Å²) in [7, 11) is 0. The number of hydrogen-bond donors (Lipinski definition) is 1.